The number of hydrogen-bond donors (Lipinski definition) is 2. The maximum absolute atomic E-state index is 4.71. The lowest BCUT2D eigenvalue weighted by atomic mass is 10.1. The highest BCUT2D eigenvalue weighted by Crippen LogP contribution is 2.22. The van der Waals surface area contributed by atoms with Crippen molar-refractivity contribution < 1.29 is 0 Å². The van der Waals surface area contributed by atoms with Crippen LogP contribution in [0.4, 0.5) is 0 Å². The van der Waals surface area contributed by atoms with Crippen LogP contribution in [0.2, 0.25) is 0 Å². The predicted octanol–water partition coefficient (Wildman–Crippen LogP) is 3.56. The quantitative estimate of drug-likeness (QED) is 0.369. The van der Waals surface area contributed by atoms with Crippen molar-refractivity contribution in [3.63, 3.8) is 0 Å². The summed E-state index contributed by atoms with van der Waals surface area (Å²) in [4.78, 5) is 9.28. The number of guanidine groups is 1. The van der Waals surface area contributed by atoms with Crippen LogP contribution in [-0.4, -0.2) is 27.3 Å². The van der Waals surface area contributed by atoms with E-state index in [-0.39, 0.29) is 30.0 Å². The van der Waals surface area contributed by atoms with Gasteiger partial charge in [0.15, 0.2) is 5.96 Å². The fourth-order valence-electron chi connectivity index (χ4n) is 2.85. The number of fused-ring (bicyclic) bond motifs is 1. The summed E-state index contributed by atoms with van der Waals surface area (Å²) in [6, 6.07) is 8.40. The Morgan fingerprint density at radius 1 is 1.36 bits per heavy atom. The number of hydrogen-bond acceptors (Lipinski definition) is 3. The Hall–Kier alpha value is -1.16. The predicted molar refractivity (Wildman–Crippen MR) is 114 cm³/mol. The van der Waals surface area contributed by atoms with E-state index in [0.29, 0.717) is 6.54 Å². The third kappa shape index (κ3) is 5.40. The third-order valence-electron chi connectivity index (χ3n) is 3.97. The monoisotopic (exact) mass is 518 g/mol. The zero-order valence-corrected chi connectivity index (χ0v) is 18.4. The van der Waals surface area contributed by atoms with Crippen molar-refractivity contribution in [3.05, 3.63) is 46.0 Å². The molecule has 1 aliphatic rings. The first-order valence-electron chi connectivity index (χ1n) is 8.36. The van der Waals surface area contributed by atoms with Crippen LogP contribution in [0.25, 0.3) is 0 Å². The van der Waals surface area contributed by atoms with Gasteiger partial charge in [0.25, 0.3) is 0 Å². The number of nitrogens with one attached hydrogen (secondary N) is 2. The van der Waals surface area contributed by atoms with E-state index in [4.69, 9.17) is 4.99 Å². The van der Waals surface area contributed by atoms with Crippen LogP contribution in [0.1, 0.15) is 43.0 Å². The molecule has 0 amide bonds. The van der Waals surface area contributed by atoms with E-state index in [1.54, 1.807) is 0 Å². The highest BCUT2D eigenvalue weighted by Gasteiger charge is 2.24. The standard InChI is InChI=1S/C17H23BrN6.HI/c1-3-19-17(20-11-13-6-8-14(18)9-7-13)22-15-5-4-10-24-16(15)21-12(2)23-24;/h6-9,15H,3-5,10-11H2,1-2H3,(H2,19,20,22);1H. The molecule has 2 N–H and O–H groups in total. The maximum Gasteiger partial charge on any atom is 0.192 e. The topological polar surface area (TPSA) is 67.1 Å². The van der Waals surface area contributed by atoms with E-state index in [1.165, 1.54) is 5.56 Å². The average Bonchev–Trinajstić information content (AvgIpc) is 2.95. The lowest BCUT2D eigenvalue weighted by molar-refractivity contribution is 0.397. The van der Waals surface area contributed by atoms with Crippen LogP contribution in [0, 0.1) is 6.92 Å². The second-order valence-electron chi connectivity index (χ2n) is 5.90. The molecule has 25 heavy (non-hydrogen) atoms. The summed E-state index contributed by atoms with van der Waals surface area (Å²) in [5, 5.41) is 11.3. The molecular weight excluding hydrogens is 495 g/mol. The van der Waals surface area contributed by atoms with Gasteiger partial charge in [0, 0.05) is 17.6 Å². The van der Waals surface area contributed by atoms with E-state index in [1.807, 2.05) is 23.7 Å². The smallest absolute Gasteiger partial charge is 0.192 e. The van der Waals surface area contributed by atoms with E-state index < -0.39 is 0 Å². The summed E-state index contributed by atoms with van der Waals surface area (Å²) in [6.45, 7) is 6.42. The minimum atomic E-state index is 0. The van der Waals surface area contributed by atoms with E-state index >= 15 is 0 Å². The van der Waals surface area contributed by atoms with Gasteiger partial charge >= 0.3 is 0 Å². The van der Waals surface area contributed by atoms with Crippen LogP contribution >= 0.6 is 39.9 Å². The van der Waals surface area contributed by atoms with Crippen molar-refractivity contribution in [1.29, 1.82) is 0 Å². The molecule has 1 unspecified atom stereocenters. The van der Waals surface area contributed by atoms with Gasteiger partial charge in [-0.25, -0.2) is 14.7 Å². The van der Waals surface area contributed by atoms with Crippen molar-refractivity contribution in [2.75, 3.05) is 6.54 Å². The van der Waals surface area contributed by atoms with Gasteiger partial charge in [-0.3, -0.25) is 0 Å². The van der Waals surface area contributed by atoms with Gasteiger partial charge in [0.2, 0.25) is 0 Å². The minimum Gasteiger partial charge on any atom is -0.357 e. The van der Waals surface area contributed by atoms with Gasteiger partial charge in [-0.15, -0.1) is 24.0 Å². The Bertz CT molecular complexity index is 712. The number of nitrogens with zero attached hydrogens (tertiary/aromatic N) is 4. The molecule has 0 radical (unpaired) electrons. The van der Waals surface area contributed by atoms with Gasteiger partial charge in [0.1, 0.15) is 11.6 Å². The molecule has 0 bridgehead atoms. The second kappa shape index (κ2) is 9.51. The van der Waals surface area contributed by atoms with E-state index in [2.05, 4.69) is 55.7 Å². The van der Waals surface area contributed by atoms with Gasteiger partial charge < -0.3 is 10.6 Å². The fourth-order valence-corrected chi connectivity index (χ4v) is 3.11. The van der Waals surface area contributed by atoms with E-state index in [0.717, 1.165) is 48.0 Å². The van der Waals surface area contributed by atoms with Gasteiger partial charge in [0.05, 0.1) is 12.6 Å². The Morgan fingerprint density at radius 2 is 2.12 bits per heavy atom. The van der Waals surface area contributed by atoms with Crippen LogP contribution in [0.5, 0.6) is 0 Å². The Balaban J connectivity index is 0.00000225. The second-order valence-corrected chi connectivity index (χ2v) is 6.82. The maximum atomic E-state index is 4.71. The first-order chi connectivity index (χ1) is 11.7. The molecule has 136 valence electrons. The first kappa shape index (κ1) is 20.2. The summed E-state index contributed by atoms with van der Waals surface area (Å²) in [7, 11) is 0. The number of aryl methyl sites for hydroxylation is 2. The summed E-state index contributed by atoms with van der Waals surface area (Å²) in [5.41, 5.74) is 1.18. The molecule has 3 rings (SSSR count). The number of rotatable bonds is 4. The Morgan fingerprint density at radius 3 is 2.84 bits per heavy atom. The highest BCUT2D eigenvalue weighted by atomic mass is 127. The lowest BCUT2D eigenvalue weighted by Gasteiger charge is -2.25. The minimum absolute atomic E-state index is 0. The van der Waals surface area contributed by atoms with Crippen LogP contribution in [0.3, 0.4) is 0 Å². The lowest BCUT2D eigenvalue weighted by Crippen LogP contribution is -2.41. The molecule has 1 aromatic carbocycles. The van der Waals surface area contributed by atoms with Crippen molar-refractivity contribution in [2.24, 2.45) is 4.99 Å². The van der Waals surface area contributed by atoms with Crippen LogP contribution < -0.4 is 10.6 Å². The summed E-state index contributed by atoms with van der Waals surface area (Å²) in [6.07, 6.45) is 2.14. The third-order valence-corrected chi connectivity index (χ3v) is 4.50. The van der Waals surface area contributed by atoms with Gasteiger partial charge in [-0.1, -0.05) is 28.1 Å². The number of halogens is 2. The fraction of sp³-hybridized carbons (Fsp3) is 0.471. The van der Waals surface area contributed by atoms with Gasteiger partial charge in [-0.2, -0.15) is 5.10 Å². The molecular formula is C17H24BrIN6. The van der Waals surface area contributed by atoms with Gasteiger partial charge in [-0.05, 0) is 44.4 Å². The summed E-state index contributed by atoms with van der Waals surface area (Å²) < 4.78 is 3.09. The summed E-state index contributed by atoms with van der Waals surface area (Å²) >= 11 is 3.46. The Labute approximate surface area is 174 Å². The molecule has 1 atom stereocenters. The van der Waals surface area contributed by atoms with Crippen molar-refractivity contribution >= 4 is 45.9 Å². The molecule has 1 aliphatic heterocycles. The first-order valence-corrected chi connectivity index (χ1v) is 9.15. The Kier molecular flexibility index (Phi) is 7.67. The molecule has 0 saturated heterocycles. The molecule has 6 nitrogen and oxygen atoms in total. The summed E-state index contributed by atoms with van der Waals surface area (Å²) in [5.74, 6) is 2.66. The molecule has 2 aromatic rings. The average molecular weight is 519 g/mol. The number of benzene rings is 1. The molecule has 2 heterocycles. The van der Waals surface area contributed by atoms with Crippen LogP contribution in [-0.2, 0) is 13.1 Å². The zero-order valence-electron chi connectivity index (χ0n) is 14.5. The molecule has 1 aromatic heterocycles. The van der Waals surface area contributed by atoms with Crippen LogP contribution in [0.15, 0.2) is 33.7 Å². The molecule has 0 aliphatic carbocycles. The SMILES string of the molecule is CCNC(=NCc1ccc(Br)cc1)NC1CCCn2nc(C)nc21.I. The highest BCUT2D eigenvalue weighted by molar-refractivity contribution is 14.0. The molecule has 0 spiro atoms. The van der Waals surface area contributed by atoms with Crippen molar-refractivity contribution in [2.45, 2.75) is 45.8 Å². The zero-order chi connectivity index (χ0) is 16.9. The van der Waals surface area contributed by atoms with Crippen molar-refractivity contribution in [1.82, 2.24) is 25.4 Å². The molecule has 0 saturated carbocycles. The molecule has 0 fully saturated rings. The van der Waals surface area contributed by atoms with Crippen molar-refractivity contribution in [3.8, 4) is 0 Å². The number of aromatic nitrogens is 3. The number of aliphatic imine (C=N–C) groups is 1. The normalized spacial score (nSPS) is 16.8. The van der Waals surface area contributed by atoms with E-state index in [9.17, 15) is 0 Å². The largest absolute Gasteiger partial charge is 0.357 e. The molecule has 8 heteroatoms.